The minimum absolute atomic E-state index is 0.171. The second kappa shape index (κ2) is 7.88. The summed E-state index contributed by atoms with van der Waals surface area (Å²) < 4.78 is 6.23. The van der Waals surface area contributed by atoms with Crippen molar-refractivity contribution < 1.29 is 14.6 Å². The first kappa shape index (κ1) is 17.1. The van der Waals surface area contributed by atoms with Gasteiger partial charge in [0.25, 0.3) is 0 Å². The average Bonchev–Trinajstić information content (AvgIpc) is 2.71. The quantitative estimate of drug-likeness (QED) is 0.673. The second-order valence-corrected chi connectivity index (χ2v) is 5.76. The number of ether oxygens (including phenoxy) is 1. The molecule has 0 heterocycles. The highest BCUT2D eigenvalue weighted by Crippen LogP contribution is 2.40. The number of rotatable bonds is 7. The summed E-state index contributed by atoms with van der Waals surface area (Å²) >= 11 is 0. The molecule has 0 aliphatic carbocycles. The van der Waals surface area contributed by atoms with Crippen molar-refractivity contribution in [3.8, 4) is 0 Å². The highest BCUT2D eigenvalue weighted by Gasteiger charge is 2.37. The van der Waals surface area contributed by atoms with E-state index in [1.165, 1.54) is 0 Å². The summed E-state index contributed by atoms with van der Waals surface area (Å²) in [7, 11) is 0. The molecule has 0 radical (unpaired) electrons. The third-order valence-electron chi connectivity index (χ3n) is 4.17. The number of Topliss-reactive ketones (excluding diaryl/α,β-unsaturated/α-hetero) is 1. The average molecular weight is 332 g/mol. The van der Waals surface area contributed by atoms with E-state index in [0.717, 1.165) is 16.7 Å². The van der Waals surface area contributed by atoms with Crippen LogP contribution in [0.3, 0.4) is 0 Å². The van der Waals surface area contributed by atoms with Crippen LogP contribution in [0, 0.1) is 0 Å². The highest BCUT2D eigenvalue weighted by molar-refractivity contribution is 5.80. The van der Waals surface area contributed by atoms with E-state index in [-0.39, 0.29) is 12.4 Å². The van der Waals surface area contributed by atoms with E-state index in [2.05, 4.69) is 0 Å². The van der Waals surface area contributed by atoms with Crippen molar-refractivity contribution in [1.82, 2.24) is 0 Å². The Morgan fingerprint density at radius 1 is 0.720 bits per heavy atom. The van der Waals surface area contributed by atoms with Crippen LogP contribution >= 0.6 is 0 Å². The van der Waals surface area contributed by atoms with Crippen molar-refractivity contribution in [2.45, 2.75) is 5.60 Å². The Labute approximate surface area is 147 Å². The topological polar surface area (TPSA) is 46.5 Å². The fourth-order valence-electron chi connectivity index (χ4n) is 3.00. The lowest BCUT2D eigenvalue weighted by molar-refractivity contribution is -0.130. The van der Waals surface area contributed by atoms with Gasteiger partial charge < -0.3 is 9.84 Å². The maximum Gasteiger partial charge on any atom is 0.183 e. The molecule has 0 unspecified atom stereocenters. The fraction of sp³-hybridized carbons (Fsp3) is 0.136. The zero-order chi connectivity index (χ0) is 17.5. The van der Waals surface area contributed by atoms with Gasteiger partial charge in [-0.15, -0.1) is 0 Å². The summed E-state index contributed by atoms with van der Waals surface area (Å²) in [6, 6.07) is 29.5. The standard InChI is InChI=1S/C22H20O3/c23-16-21(24)17-25-22(18-10-4-1-5-11-18,19-12-6-2-7-13-19)20-14-8-3-9-15-20/h1-15,23H,16-17H2. The normalized spacial score (nSPS) is 11.2. The lowest BCUT2D eigenvalue weighted by atomic mass is 9.80. The third kappa shape index (κ3) is 3.53. The number of hydrogen-bond acceptors (Lipinski definition) is 3. The maximum atomic E-state index is 11.8. The molecule has 0 aliphatic heterocycles. The summed E-state index contributed by atoms with van der Waals surface area (Å²) in [5, 5.41) is 9.11. The van der Waals surface area contributed by atoms with Crippen molar-refractivity contribution in [3.63, 3.8) is 0 Å². The van der Waals surface area contributed by atoms with Crippen molar-refractivity contribution >= 4 is 5.78 Å². The number of carbonyl (C=O) groups excluding carboxylic acids is 1. The van der Waals surface area contributed by atoms with Gasteiger partial charge in [0.1, 0.15) is 18.8 Å². The molecule has 0 fully saturated rings. The van der Waals surface area contributed by atoms with Gasteiger partial charge in [-0.2, -0.15) is 0 Å². The van der Waals surface area contributed by atoms with Gasteiger partial charge in [-0.25, -0.2) is 0 Å². The molecule has 0 saturated heterocycles. The van der Waals surface area contributed by atoms with Crippen LogP contribution in [0.25, 0.3) is 0 Å². The summed E-state index contributed by atoms with van der Waals surface area (Å²) in [5.41, 5.74) is 1.86. The van der Waals surface area contributed by atoms with Crippen molar-refractivity contribution in [3.05, 3.63) is 108 Å². The molecule has 0 bridgehead atoms. The molecule has 0 spiro atoms. The molecule has 3 heteroatoms. The molecular weight excluding hydrogens is 312 g/mol. The molecule has 0 amide bonds. The number of benzene rings is 3. The van der Waals surface area contributed by atoms with E-state index in [1.54, 1.807) is 0 Å². The molecule has 0 atom stereocenters. The Balaban J connectivity index is 2.22. The minimum atomic E-state index is -0.922. The van der Waals surface area contributed by atoms with Crippen LogP contribution in [0.15, 0.2) is 91.0 Å². The summed E-state index contributed by atoms with van der Waals surface area (Å²) in [6.45, 7) is -0.705. The van der Waals surface area contributed by atoms with Gasteiger partial charge in [-0.05, 0) is 16.7 Å². The van der Waals surface area contributed by atoms with Crippen LogP contribution in [-0.2, 0) is 15.1 Å². The Hall–Kier alpha value is -2.75. The number of aliphatic hydroxyl groups excluding tert-OH is 1. The zero-order valence-electron chi connectivity index (χ0n) is 13.8. The van der Waals surface area contributed by atoms with Gasteiger partial charge in [-0.1, -0.05) is 91.0 Å². The first-order chi connectivity index (χ1) is 12.3. The summed E-state index contributed by atoms with van der Waals surface area (Å²) in [4.78, 5) is 11.8. The molecule has 25 heavy (non-hydrogen) atoms. The van der Waals surface area contributed by atoms with Gasteiger partial charge >= 0.3 is 0 Å². The van der Waals surface area contributed by atoms with Gasteiger partial charge in [0.15, 0.2) is 5.78 Å². The summed E-state index contributed by atoms with van der Waals surface area (Å²) in [6.07, 6.45) is 0. The predicted octanol–water partition coefficient (Wildman–Crippen LogP) is 3.56. The smallest absolute Gasteiger partial charge is 0.183 e. The molecule has 0 saturated carbocycles. The van der Waals surface area contributed by atoms with Gasteiger partial charge in [0, 0.05) is 0 Å². The fourth-order valence-corrected chi connectivity index (χ4v) is 3.00. The van der Waals surface area contributed by atoms with Crippen LogP contribution in [0.4, 0.5) is 0 Å². The molecule has 3 rings (SSSR count). The first-order valence-electron chi connectivity index (χ1n) is 8.20. The van der Waals surface area contributed by atoms with Crippen molar-refractivity contribution in [2.24, 2.45) is 0 Å². The zero-order valence-corrected chi connectivity index (χ0v) is 13.8. The number of carbonyl (C=O) groups is 1. The van der Waals surface area contributed by atoms with E-state index in [0.29, 0.717) is 0 Å². The Kier molecular flexibility index (Phi) is 5.39. The molecule has 126 valence electrons. The van der Waals surface area contributed by atoms with E-state index in [4.69, 9.17) is 9.84 Å². The molecule has 0 aromatic heterocycles. The number of aliphatic hydroxyl groups is 1. The molecule has 3 aromatic rings. The van der Waals surface area contributed by atoms with E-state index < -0.39 is 12.2 Å². The molecule has 1 N–H and O–H groups in total. The number of hydrogen-bond donors (Lipinski definition) is 1. The van der Waals surface area contributed by atoms with Crippen LogP contribution in [0.5, 0.6) is 0 Å². The summed E-state index contributed by atoms with van der Waals surface area (Å²) in [5.74, 6) is -0.354. The van der Waals surface area contributed by atoms with E-state index in [9.17, 15) is 4.79 Å². The van der Waals surface area contributed by atoms with Gasteiger partial charge in [0.2, 0.25) is 0 Å². The molecule has 0 aliphatic rings. The molecule has 3 aromatic carbocycles. The van der Waals surface area contributed by atoms with Crippen LogP contribution < -0.4 is 0 Å². The largest absolute Gasteiger partial charge is 0.388 e. The minimum Gasteiger partial charge on any atom is -0.388 e. The van der Waals surface area contributed by atoms with Crippen LogP contribution in [0.2, 0.25) is 0 Å². The van der Waals surface area contributed by atoms with Gasteiger partial charge in [0.05, 0.1) is 0 Å². The Morgan fingerprint density at radius 3 is 1.40 bits per heavy atom. The highest BCUT2D eigenvalue weighted by atomic mass is 16.5. The van der Waals surface area contributed by atoms with E-state index in [1.807, 2.05) is 91.0 Å². The second-order valence-electron chi connectivity index (χ2n) is 5.76. The lowest BCUT2D eigenvalue weighted by Crippen LogP contribution is -2.35. The predicted molar refractivity (Wildman–Crippen MR) is 97.3 cm³/mol. The molecular formula is C22H20O3. The Bertz CT molecular complexity index is 702. The maximum absolute atomic E-state index is 11.8. The lowest BCUT2D eigenvalue weighted by Gasteiger charge is -2.35. The first-order valence-corrected chi connectivity index (χ1v) is 8.20. The van der Waals surface area contributed by atoms with Crippen molar-refractivity contribution in [2.75, 3.05) is 13.2 Å². The third-order valence-corrected chi connectivity index (χ3v) is 4.17. The van der Waals surface area contributed by atoms with Gasteiger partial charge in [-0.3, -0.25) is 4.79 Å². The van der Waals surface area contributed by atoms with Crippen LogP contribution in [0.1, 0.15) is 16.7 Å². The van der Waals surface area contributed by atoms with E-state index >= 15 is 0 Å². The van der Waals surface area contributed by atoms with Crippen LogP contribution in [-0.4, -0.2) is 24.1 Å². The Morgan fingerprint density at radius 2 is 1.08 bits per heavy atom. The van der Waals surface area contributed by atoms with Crippen molar-refractivity contribution in [1.29, 1.82) is 0 Å². The number of ketones is 1. The SMILES string of the molecule is O=C(CO)COC(c1ccccc1)(c1ccccc1)c1ccccc1. The monoisotopic (exact) mass is 332 g/mol. The molecule has 3 nitrogen and oxygen atoms in total.